The van der Waals surface area contributed by atoms with E-state index in [1.165, 1.54) is 11.8 Å². The van der Waals surface area contributed by atoms with Gasteiger partial charge in [0, 0.05) is 17.1 Å². The molecule has 0 radical (unpaired) electrons. The predicted molar refractivity (Wildman–Crippen MR) is 81.9 cm³/mol. The Morgan fingerprint density at radius 2 is 2.15 bits per heavy atom. The maximum atomic E-state index is 14.1. The molecule has 0 saturated carbocycles. The van der Waals surface area contributed by atoms with Crippen LogP contribution < -0.4 is 5.32 Å². The summed E-state index contributed by atoms with van der Waals surface area (Å²) < 4.78 is 14.1. The van der Waals surface area contributed by atoms with Crippen molar-refractivity contribution < 1.29 is 4.39 Å². The molecule has 5 heteroatoms. The minimum Gasteiger partial charge on any atom is -0.310 e. The van der Waals surface area contributed by atoms with Crippen molar-refractivity contribution in [2.75, 3.05) is 6.54 Å². The first-order valence-electron chi connectivity index (χ1n) is 6.42. The van der Waals surface area contributed by atoms with Crippen LogP contribution in [0, 0.1) is 5.82 Å². The zero-order chi connectivity index (χ0) is 14.5. The Bertz CT molecular complexity index is 575. The van der Waals surface area contributed by atoms with E-state index in [-0.39, 0.29) is 11.9 Å². The molecular formula is C15H16ClFN2S. The average molecular weight is 311 g/mol. The first-order valence-corrected chi connectivity index (χ1v) is 7.62. The van der Waals surface area contributed by atoms with Gasteiger partial charge < -0.3 is 5.32 Å². The van der Waals surface area contributed by atoms with Crippen LogP contribution in [0.5, 0.6) is 0 Å². The van der Waals surface area contributed by atoms with Crippen molar-refractivity contribution in [3.05, 3.63) is 52.9 Å². The largest absolute Gasteiger partial charge is 0.310 e. The minimum atomic E-state index is -0.228. The van der Waals surface area contributed by atoms with Crippen LogP contribution in [-0.4, -0.2) is 11.5 Å². The van der Waals surface area contributed by atoms with Gasteiger partial charge in [-0.25, -0.2) is 9.37 Å². The molecule has 106 valence electrons. The van der Waals surface area contributed by atoms with E-state index in [0.717, 1.165) is 17.1 Å². The average Bonchev–Trinajstić information content (AvgIpc) is 2.43. The van der Waals surface area contributed by atoms with E-state index in [0.29, 0.717) is 9.92 Å². The molecule has 1 heterocycles. The van der Waals surface area contributed by atoms with E-state index in [1.807, 2.05) is 19.9 Å². The number of aromatic nitrogens is 1. The molecule has 20 heavy (non-hydrogen) atoms. The molecule has 0 aliphatic heterocycles. The van der Waals surface area contributed by atoms with Crippen LogP contribution in [0.15, 0.2) is 46.5 Å². The second-order valence-corrected chi connectivity index (χ2v) is 5.88. The number of hydrogen-bond donors (Lipinski definition) is 1. The van der Waals surface area contributed by atoms with Gasteiger partial charge >= 0.3 is 0 Å². The van der Waals surface area contributed by atoms with Crippen LogP contribution in [0.2, 0.25) is 5.02 Å². The second-order valence-electron chi connectivity index (χ2n) is 4.39. The van der Waals surface area contributed by atoms with Gasteiger partial charge in [0.25, 0.3) is 0 Å². The zero-order valence-corrected chi connectivity index (χ0v) is 12.9. The number of hydrogen-bond acceptors (Lipinski definition) is 3. The number of pyridine rings is 1. The molecule has 0 fully saturated rings. The number of nitrogens with zero attached hydrogens (tertiary/aromatic N) is 1. The Balaban J connectivity index is 2.15. The van der Waals surface area contributed by atoms with Gasteiger partial charge in [0.05, 0.1) is 5.02 Å². The molecule has 0 spiro atoms. The van der Waals surface area contributed by atoms with Crippen LogP contribution in [-0.2, 0) is 0 Å². The van der Waals surface area contributed by atoms with Crippen molar-refractivity contribution in [2.45, 2.75) is 29.8 Å². The van der Waals surface area contributed by atoms with Gasteiger partial charge in [0.15, 0.2) is 0 Å². The Morgan fingerprint density at radius 1 is 1.35 bits per heavy atom. The molecule has 1 N–H and O–H groups in total. The molecule has 1 unspecified atom stereocenters. The Hall–Kier alpha value is -1.10. The Labute approximate surface area is 127 Å². The van der Waals surface area contributed by atoms with Gasteiger partial charge in [0.2, 0.25) is 0 Å². The van der Waals surface area contributed by atoms with Crippen molar-refractivity contribution in [2.24, 2.45) is 0 Å². The summed E-state index contributed by atoms with van der Waals surface area (Å²) in [6.07, 6.45) is 1.56. The van der Waals surface area contributed by atoms with Crippen molar-refractivity contribution in [3.8, 4) is 0 Å². The lowest BCUT2D eigenvalue weighted by atomic mass is 10.1. The van der Waals surface area contributed by atoms with Gasteiger partial charge in [-0.3, -0.25) is 0 Å². The fraction of sp³-hybridized carbons (Fsp3) is 0.267. The first kappa shape index (κ1) is 15.3. The quantitative estimate of drug-likeness (QED) is 0.866. The monoisotopic (exact) mass is 310 g/mol. The standard InChI is InChI=1S/C15H16ClFN2S/c1-3-18-10(2)11-4-6-14(13(17)8-11)20-15-7-5-12(16)9-19-15/h4-10,18H,3H2,1-2H3. The van der Waals surface area contributed by atoms with Crippen LogP contribution in [0.25, 0.3) is 0 Å². The third-order valence-corrected chi connectivity index (χ3v) is 4.11. The lowest BCUT2D eigenvalue weighted by Gasteiger charge is -2.13. The summed E-state index contributed by atoms with van der Waals surface area (Å²) in [5, 5.41) is 4.56. The minimum absolute atomic E-state index is 0.141. The Kier molecular flexibility index (Phi) is 5.40. The van der Waals surface area contributed by atoms with E-state index < -0.39 is 0 Å². The normalized spacial score (nSPS) is 12.4. The summed E-state index contributed by atoms with van der Waals surface area (Å²) in [6, 6.07) is 8.97. The van der Waals surface area contributed by atoms with E-state index in [1.54, 1.807) is 30.5 Å². The summed E-state index contributed by atoms with van der Waals surface area (Å²) in [7, 11) is 0. The summed E-state index contributed by atoms with van der Waals surface area (Å²) >= 11 is 7.07. The number of benzene rings is 1. The topological polar surface area (TPSA) is 24.9 Å². The molecule has 2 aromatic rings. The summed E-state index contributed by atoms with van der Waals surface area (Å²) in [6.45, 7) is 4.91. The summed E-state index contributed by atoms with van der Waals surface area (Å²) in [5.41, 5.74) is 0.942. The first-order chi connectivity index (χ1) is 9.60. The highest BCUT2D eigenvalue weighted by molar-refractivity contribution is 7.99. The molecule has 0 amide bonds. The molecular weight excluding hydrogens is 295 g/mol. The van der Waals surface area contributed by atoms with Crippen LogP contribution in [0.4, 0.5) is 4.39 Å². The molecule has 1 aromatic heterocycles. The SMILES string of the molecule is CCNC(C)c1ccc(Sc2ccc(Cl)cn2)c(F)c1. The van der Waals surface area contributed by atoms with Gasteiger partial charge in [-0.05, 0) is 43.3 Å². The van der Waals surface area contributed by atoms with Crippen molar-refractivity contribution in [3.63, 3.8) is 0 Å². The van der Waals surface area contributed by atoms with Gasteiger partial charge in [-0.15, -0.1) is 0 Å². The highest BCUT2D eigenvalue weighted by Crippen LogP contribution is 2.30. The third-order valence-electron chi connectivity index (χ3n) is 2.88. The van der Waals surface area contributed by atoms with Gasteiger partial charge in [0.1, 0.15) is 10.8 Å². The predicted octanol–water partition coefficient (Wildman–Crippen LogP) is 4.70. The zero-order valence-electron chi connectivity index (χ0n) is 11.4. The molecule has 0 aliphatic rings. The highest BCUT2D eigenvalue weighted by Gasteiger charge is 2.10. The Morgan fingerprint density at radius 3 is 2.75 bits per heavy atom. The lowest BCUT2D eigenvalue weighted by Crippen LogP contribution is -2.17. The molecule has 0 saturated heterocycles. The molecule has 2 nitrogen and oxygen atoms in total. The summed E-state index contributed by atoms with van der Waals surface area (Å²) in [5.74, 6) is -0.228. The maximum absolute atomic E-state index is 14.1. The van der Waals surface area contributed by atoms with E-state index in [2.05, 4.69) is 10.3 Å². The van der Waals surface area contributed by atoms with Crippen molar-refractivity contribution >= 4 is 23.4 Å². The maximum Gasteiger partial charge on any atom is 0.137 e. The van der Waals surface area contributed by atoms with E-state index in [4.69, 9.17) is 11.6 Å². The van der Waals surface area contributed by atoms with Crippen LogP contribution >= 0.6 is 23.4 Å². The molecule has 2 rings (SSSR count). The van der Waals surface area contributed by atoms with Gasteiger partial charge in [-0.2, -0.15) is 0 Å². The van der Waals surface area contributed by atoms with Crippen molar-refractivity contribution in [1.29, 1.82) is 0 Å². The fourth-order valence-electron chi connectivity index (χ4n) is 1.83. The highest BCUT2D eigenvalue weighted by atomic mass is 35.5. The van der Waals surface area contributed by atoms with E-state index >= 15 is 0 Å². The summed E-state index contributed by atoms with van der Waals surface area (Å²) in [4.78, 5) is 4.72. The third kappa shape index (κ3) is 3.95. The fourth-order valence-corrected chi connectivity index (χ4v) is 2.70. The molecule has 0 bridgehead atoms. The van der Waals surface area contributed by atoms with Crippen LogP contribution in [0.1, 0.15) is 25.5 Å². The smallest absolute Gasteiger partial charge is 0.137 e. The number of halogens is 2. The molecule has 1 aromatic carbocycles. The van der Waals surface area contributed by atoms with Crippen molar-refractivity contribution in [1.82, 2.24) is 10.3 Å². The second kappa shape index (κ2) is 7.07. The van der Waals surface area contributed by atoms with E-state index in [9.17, 15) is 4.39 Å². The lowest BCUT2D eigenvalue weighted by molar-refractivity contribution is 0.572. The number of rotatable bonds is 5. The van der Waals surface area contributed by atoms with Crippen LogP contribution in [0.3, 0.4) is 0 Å². The number of nitrogens with one attached hydrogen (secondary N) is 1. The molecule has 1 atom stereocenters. The molecule has 0 aliphatic carbocycles. The van der Waals surface area contributed by atoms with Gasteiger partial charge in [-0.1, -0.05) is 36.4 Å².